The molecule has 0 bridgehead atoms. The van der Waals surface area contributed by atoms with Gasteiger partial charge < -0.3 is 70.3 Å². The SMILES string of the molecule is C/C=C/C[C@@H](C)[C@@H](O)[C@H]1C(=O)N[C@@H](CC)C(=O)N(C)[C@H](C)C(=O)N(C)[C@@H]([C@H](C)COCC(=O)N2CCN(C(C)C)CC2)C(=O)N[C@@H](C(C)C)C(=O)N(C)[C@@H](CC(C)C)C(=O)N[C@@H](C)C(=O)N[C@H](C)C(=O)N(C)[C@@H](CC(C)C)C(=O)N(C)[C@@H](CC(C)C)C(=O)N(C)[C@@H](C(C)C)C(=O)N1C. The highest BCUT2D eigenvalue weighted by molar-refractivity contribution is 6.00. The minimum absolute atomic E-state index is 0.0328. The van der Waals surface area contributed by atoms with E-state index in [1.54, 1.807) is 72.4 Å². The Bertz CT molecular complexity index is 2740. The molecule has 0 aliphatic carbocycles. The first-order valence-corrected chi connectivity index (χ1v) is 35.4. The first-order chi connectivity index (χ1) is 45.4. The van der Waals surface area contributed by atoms with E-state index >= 15 is 28.8 Å². The molecule has 0 radical (unpaired) electrons. The van der Waals surface area contributed by atoms with Crippen LogP contribution in [0.2, 0.25) is 0 Å². The number of carbonyl (C=O) groups excluding carboxylic acids is 12. The fraction of sp³-hybridized carbons (Fsp3) is 0.803. The van der Waals surface area contributed by atoms with Crippen molar-refractivity contribution >= 4 is 70.9 Å². The van der Waals surface area contributed by atoms with Gasteiger partial charge >= 0.3 is 0 Å². The Hall–Kier alpha value is -6.74. The van der Waals surface area contributed by atoms with Crippen LogP contribution in [0.3, 0.4) is 0 Å². The van der Waals surface area contributed by atoms with E-state index in [2.05, 4.69) is 40.0 Å². The number of ether oxygens (including phenoxy) is 1. The van der Waals surface area contributed by atoms with Crippen LogP contribution in [0.1, 0.15) is 164 Å². The average Bonchev–Trinajstić information content (AvgIpc) is 0.803. The van der Waals surface area contributed by atoms with Crippen LogP contribution in [0.25, 0.3) is 0 Å². The zero-order valence-corrected chi connectivity index (χ0v) is 64.3. The number of aliphatic hydroxyl groups excluding tert-OH is 1. The number of hydrogen-bond acceptors (Lipinski definition) is 15. The highest BCUT2D eigenvalue weighted by atomic mass is 16.5. The monoisotopic (exact) mass is 1390 g/mol. The van der Waals surface area contributed by atoms with Gasteiger partial charge in [-0.05, 0) is 109 Å². The molecule has 12 amide bonds. The lowest BCUT2D eigenvalue weighted by molar-refractivity contribution is -0.157. The Kier molecular flexibility index (Phi) is 35.6. The normalized spacial score (nSPS) is 27.2. The summed E-state index contributed by atoms with van der Waals surface area (Å²) in [6.45, 7) is 35.0. The highest BCUT2D eigenvalue weighted by Crippen LogP contribution is 2.26. The number of amides is 12. The predicted octanol–water partition coefficient (Wildman–Crippen LogP) is 2.82. The van der Waals surface area contributed by atoms with Gasteiger partial charge in [0.25, 0.3) is 0 Å². The van der Waals surface area contributed by atoms with E-state index in [4.69, 9.17) is 4.74 Å². The topological polar surface area (TPSA) is 312 Å². The van der Waals surface area contributed by atoms with Crippen molar-refractivity contribution in [3.05, 3.63) is 12.2 Å². The average molecular weight is 1390 g/mol. The number of allylic oxidation sites excluding steroid dienone is 2. The van der Waals surface area contributed by atoms with Crippen molar-refractivity contribution in [1.29, 1.82) is 0 Å². The second-order valence-electron chi connectivity index (χ2n) is 29.8. The summed E-state index contributed by atoms with van der Waals surface area (Å²) in [5.74, 6) is -11.5. The number of nitrogens with one attached hydrogen (secondary N) is 4. The number of rotatable bonds is 19. The van der Waals surface area contributed by atoms with Gasteiger partial charge in [-0.15, -0.1) is 0 Å². The maximum absolute atomic E-state index is 15.3. The second-order valence-corrected chi connectivity index (χ2v) is 29.8. The van der Waals surface area contributed by atoms with Gasteiger partial charge in [-0.3, -0.25) is 62.4 Å². The summed E-state index contributed by atoms with van der Waals surface area (Å²) in [7, 11) is 9.80. The summed E-state index contributed by atoms with van der Waals surface area (Å²) in [4.78, 5) is 190. The van der Waals surface area contributed by atoms with Crippen LogP contribution < -0.4 is 21.3 Å². The number of piperazine rings is 1. The molecule has 0 aromatic heterocycles. The summed E-state index contributed by atoms with van der Waals surface area (Å²) in [6, 6.07) is -14.1. The van der Waals surface area contributed by atoms with Crippen molar-refractivity contribution < 1.29 is 67.4 Å². The van der Waals surface area contributed by atoms with E-state index in [0.29, 0.717) is 32.2 Å². The van der Waals surface area contributed by atoms with E-state index in [-0.39, 0.29) is 69.0 Å². The molecule has 14 atom stereocenters. The van der Waals surface area contributed by atoms with E-state index in [0.717, 1.165) is 14.7 Å². The van der Waals surface area contributed by atoms with Crippen LogP contribution in [0.5, 0.6) is 0 Å². The summed E-state index contributed by atoms with van der Waals surface area (Å²) in [5, 5.41) is 23.3. The smallest absolute Gasteiger partial charge is 0.248 e. The predicted molar refractivity (Wildman–Crippen MR) is 377 cm³/mol. The summed E-state index contributed by atoms with van der Waals surface area (Å²) in [6.07, 6.45) is 2.66. The molecule has 0 spiro atoms. The first-order valence-electron chi connectivity index (χ1n) is 35.4. The second kappa shape index (κ2) is 39.9. The van der Waals surface area contributed by atoms with Gasteiger partial charge in [0, 0.05) is 87.5 Å². The zero-order valence-electron chi connectivity index (χ0n) is 64.3. The number of nitrogens with zero attached hydrogens (tertiary/aromatic N) is 9. The van der Waals surface area contributed by atoms with E-state index in [1.807, 2.05) is 41.5 Å². The van der Waals surface area contributed by atoms with Gasteiger partial charge in [0.05, 0.1) is 12.7 Å². The van der Waals surface area contributed by atoms with Crippen molar-refractivity contribution in [3.63, 3.8) is 0 Å². The largest absolute Gasteiger partial charge is 0.390 e. The first kappa shape index (κ1) is 87.3. The van der Waals surface area contributed by atoms with Crippen LogP contribution >= 0.6 is 0 Å². The maximum Gasteiger partial charge on any atom is 0.248 e. The van der Waals surface area contributed by atoms with Gasteiger partial charge in [0.2, 0.25) is 70.9 Å². The van der Waals surface area contributed by atoms with Crippen LogP contribution in [-0.4, -0.2) is 287 Å². The van der Waals surface area contributed by atoms with Crippen LogP contribution in [0.15, 0.2) is 12.2 Å². The van der Waals surface area contributed by atoms with Gasteiger partial charge in [0.15, 0.2) is 0 Å². The third-order valence-corrected chi connectivity index (χ3v) is 19.3. The van der Waals surface area contributed by atoms with Crippen molar-refractivity contribution in [2.75, 3.05) is 88.7 Å². The molecular formula is C71H127N13O14. The molecule has 2 saturated heterocycles. The molecule has 0 unspecified atom stereocenters. The minimum atomic E-state index is -1.66. The molecular weight excluding hydrogens is 1260 g/mol. The summed E-state index contributed by atoms with van der Waals surface area (Å²) in [5.41, 5.74) is 0. The van der Waals surface area contributed by atoms with E-state index in [9.17, 15) is 33.9 Å². The van der Waals surface area contributed by atoms with Crippen molar-refractivity contribution in [1.82, 2.24) is 65.4 Å². The van der Waals surface area contributed by atoms with Crippen molar-refractivity contribution in [3.8, 4) is 0 Å². The quantitative estimate of drug-likeness (QED) is 0.116. The zero-order chi connectivity index (χ0) is 75.4. The Morgan fingerprint density at radius 3 is 1.44 bits per heavy atom. The molecule has 0 aromatic carbocycles. The lowest BCUT2D eigenvalue weighted by atomic mass is 9.91. The van der Waals surface area contributed by atoms with Gasteiger partial charge in [-0.1, -0.05) is 102 Å². The highest BCUT2D eigenvalue weighted by Gasteiger charge is 2.47. The van der Waals surface area contributed by atoms with Crippen LogP contribution in [0.4, 0.5) is 0 Å². The molecule has 2 aliphatic rings. The summed E-state index contributed by atoms with van der Waals surface area (Å²) >= 11 is 0. The molecule has 5 N–H and O–H groups in total. The Labute approximate surface area is 585 Å². The molecule has 0 aromatic rings. The number of likely N-dealkylation sites (N-methyl/N-ethyl adjacent to an activating group) is 7. The Balaban J connectivity index is 3.02. The van der Waals surface area contributed by atoms with Crippen LogP contribution in [0, 0.1) is 41.4 Å². The Morgan fingerprint density at radius 2 is 0.959 bits per heavy atom. The van der Waals surface area contributed by atoms with Gasteiger partial charge in [0.1, 0.15) is 73.1 Å². The fourth-order valence-corrected chi connectivity index (χ4v) is 12.8. The third kappa shape index (κ3) is 23.7. The Morgan fingerprint density at radius 1 is 0.500 bits per heavy atom. The molecule has 27 heteroatoms. The molecule has 0 saturated carbocycles. The summed E-state index contributed by atoms with van der Waals surface area (Å²) < 4.78 is 6.03. The lowest BCUT2D eigenvalue weighted by Gasteiger charge is -2.41. The molecule has 2 heterocycles. The molecule has 2 rings (SSSR count). The lowest BCUT2D eigenvalue weighted by Crippen LogP contribution is -2.64. The van der Waals surface area contributed by atoms with Crippen LogP contribution in [-0.2, 0) is 62.3 Å². The number of aliphatic hydroxyl groups is 1. The standard InChI is InChI=1S/C71H127N13O14/c1-27-29-30-46(15)60(86)59-64(90)74-51(28-2)67(93)76(20)50(19)66(92)81(25)58(47(16)38-98-39-55(85)84-33-31-83(32-34-84)45(13)14)63(89)75-56(43(9)10)70(96)77(21)52(35-40(3)4)62(88)72-48(17)61(87)73-49(18)65(91)78(22)53(36-41(5)6)68(94)79(23)54(37-42(7)8)69(95)80(24)57(44(11)12)71(97)82(59)26/h27,29,40-54,56-60,86H,28,30-39H2,1-26H3,(H,72,88)(H,73,87)(H,74,90)(H,75,89)/b29-27+/t46-,47-,48+,49-,50-,51+,52+,53+,54+,56+,57+,58+,59+,60-/m1/s1. The molecule has 2 fully saturated rings. The molecule has 27 nitrogen and oxygen atoms in total. The van der Waals surface area contributed by atoms with Gasteiger partial charge in [-0.2, -0.15) is 0 Å². The minimum Gasteiger partial charge on any atom is -0.390 e. The fourth-order valence-electron chi connectivity index (χ4n) is 12.8. The molecule has 560 valence electrons. The van der Waals surface area contributed by atoms with E-state index in [1.165, 1.54) is 89.7 Å². The van der Waals surface area contributed by atoms with E-state index < -0.39 is 161 Å². The number of carbonyl (C=O) groups is 12. The van der Waals surface area contributed by atoms with Crippen molar-refractivity contribution in [2.45, 2.75) is 242 Å². The molecule has 98 heavy (non-hydrogen) atoms. The van der Waals surface area contributed by atoms with Crippen molar-refractivity contribution in [2.24, 2.45) is 41.4 Å². The maximum atomic E-state index is 15.3. The third-order valence-electron chi connectivity index (χ3n) is 19.3. The number of hydrogen-bond donors (Lipinski definition) is 5. The van der Waals surface area contributed by atoms with Gasteiger partial charge in [-0.25, -0.2) is 0 Å². The molecule has 2 aliphatic heterocycles.